The molecule has 0 spiro atoms. The monoisotopic (exact) mass is 371 g/mol. The maximum absolute atomic E-state index is 13.5. The fraction of sp³-hybridized carbons (Fsp3) is 0.200. The number of halogens is 2. The summed E-state index contributed by atoms with van der Waals surface area (Å²) in [6, 6.07) is 12.4. The van der Waals surface area contributed by atoms with Crippen molar-refractivity contribution in [3.8, 4) is 11.5 Å². The van der Waals surface area contributed by atoms with Crippen LogP contribution in [-0.2, 0) is 6.54 Å². The van der Waals surface area contributed by atoms with E-state index in [-0.39, 0.29) is 5.82 Å². The molecule has 0 bridgehead atoms. The highest BCUT2D eigenvalue weighted by Gasteiger charge is 2.03. The van der Waals surface area contributed by atoms with E-state index in [1.54, 1.807) is 0 Å². The van der Waals surface area contributed by atoms with Crippen LogP contribution in [-0.4, -0.2) is 6.54 Å². The predicted molar refractivity (Wildman–Crippen MR) is 83.0 cm³/mol. The zero-order valence-corrected chi connectivity index (χ0v) is 12.8. The van der Waals surface area contributed by atoms with E-state index in [0.717, 1.165) is 15.7 Å². The molecule has 0 amide bonds. The van der Waals surface area contributed by atoms with Crippen LogP contribution in [0.3, 0.4) is 0 Å². The molecule has 0 saturated heterocycles. The first kappa shape index (κ1) is 14.3. The van der Waals surface area contributed by atoms with Crippen LogP contribution in [0.25, 0.3) is 0 Å². The van der Waals surface area contributed by atoms with Gasteiger partial charge in [0.25, 0.3) is 0 Å². The molecule has 2 aromatic carbocycles. The topological polar surface area (TPSA) is 21.3 Å². The maximum Gasteiger partial charge on any atom is 0.130 e. The molecule has 0 radical (unpaired) electrons. The first-order valence-electron chi connectivity index (χ1n) is 6.11. The molecule has 2 rings (SSSR count). The Balaban J connectivity index is 2.17. The molecule has 0 heterocycles. The van der Waals surface area contributed by atoms with Crippen molar-refractivity contribution < 1.29 is 9.13 Å². The Hall–Kier alpha value is -1.14. The summed E-state index contributed by atoms with van der Waals surface area (Å²) in [4.78, 5) is 0. The minimum Gasteiger partial charge on any atom is -0.457 e. The number of ether oxygens (including phenoxy) is 1. The Morgan fingerprint density at radius 2 is 2.00 bits per heavy atom. The SMILES string of the molecule is CCNCc1cc(F)cc(Oc2cccc(I)c2)c1. The summed E-state index contributed by atoms with van der Waals surface area (Å²) >= 11 is 2.22. The Morgan fingerprint density at radius 1 is 1.16 bits per heavy atom. The summed E-state index contributed by atoms with van der Waals surface area (Å²) in [5.41, 5.74) is 0.877. The predicted octanol–water partition coefficient (Wildman–Crippen LogP) is 4.33. The maximum atomic E-state index is 13.5. The first-order valence-corrected chi connectivity index (χ1v) is 7.19. The van der Waals surface area contributed by atoms with Gasteiger partial charge in [0.2, 0.25) is 0 Å². The first-order chi connectivity index (χ1) is 9.17. The second-order valence-corrected chi connectivity index (χ2v) is 5.38. The van der Waals surface area contributed by atoms with Gasteiger partial charge in [-0.25, -0.2) is 4.39 Å². The zero-order chi connectivity index (χ0) is 13.7. The Morgan fingerprint density at radius 3 is 2.74 bits per heavy atom. The van der Waals surface area contributed by atoms with Gasteiger partial charge in [-0.2, -0.15) is 0 Å². The molecule has 2 nitrogen and oxygen atoms in total. The largest absolute Gasteiger partial charge is 0.457 e. The summed E-state index contributed by atoms with van der Waals surface area (Å²) in [5, 5.41) is 3.17. The van der Waals surface area contributed by atoms with Gasteiger partial charge in [0.1, 0.15) is 17.3 Å². The third-order valence-electron chi connectivity index (χ3n) is 2.54. The van der Waals surface area contributed by atoms with Crippen molar-refractivity contribution in [2.45, 2.75) is 13.5 Å². The van der Waals surface area contributed by atoms with Crippen molar-refractivity contribution in [3.63, 3.8) is 0 Å². The number of hydrogen-bond donors (Lipinski definition) is 1. The van der Waals surface area contributed by atoms with Crippen LogP contribution in [0.5, 0.6) is 11.5 Å². The van der Waals surface area contributed by atoms with Crippen molar-refractivity contribution in [2.24, 2.45) is 0 Å². The average Bonchev–Trinajstić information content (AvgIpc) is 2.35. The highest BCUT2D eigenvalue weighted by atomic mass is 127. The highest BCUT2D eigenvalue weighted by Crippen LogP contribution is 2.24. The Labute approximate surface area is 126 Å². The molecule has 19 heavy (non-hydrogen) atoms. The molecule has 0 atom stereocenters. The van der Waals surface area contributed by atoms with Gasteiger partial charge in [0, 0.05) is 16.2 Å². The second kappa shape index (κ2) is 6.86. The number of benzene rings is 2. The highest BCUT2D eigenvalue weighted by molar-refractivity contribution is 14.1. The third kappa shape index (κ3) is 4.47. The van der Waals surface area contributed by atoms with Crippen LogP contribution in [0, 0.1) is 9.39 Å². The van der Waals surface area contributed by atoms with Crippen molar-refractivity contribution in [3.05, 3.63) is 57.4 Å². The lowest BCUT2D eigenvalue weighted by molar-refractivity contribution is 0.475. The van der Waals surface area contributed by atoms with Gasteiger partial charge in [0.05, 0.1) is 0 Å². The van der Waals surface area contributed by atoms with E-state index in [4.69, 9.17) is 4.74 Å². The van der Waals surface area contributed by atoms with Gasteiger partial charge in [0.15, 0.2) is 0 Å². The lowest BCUT2D eigenvalue weighted by Gasteiger charge is -2.09. The van der Waals surface area contributed by atoms with Crippen LogP contribution in [0.4, 0.5) is 4.39 Å². The number of hydrogen-bond acceptors (Lipinski definition) is 2. The van der Waals surface area contributed by atoms with Gasteiger partial charge in [-0.1, -0.05) is 13.0 Å². The molecule has 2 aromatic rings. The molecule has 100 valence electrons. The van der Waals surface area contributed by atoms with E-state index < -0.39 is 0 Å². The average molecular weight is 371 g/mol. The summed E-state index contributed by atoms with van der Waals surface area (Å²) in [7, 11) is 0. The lowest BCUT2D eigenvalue weighted by Crippen LogP contribution is -2.11. The van der Waals surface area contributed by atoms with Crippen molar-refractivity contribution in [2.75, 3.05) is 6.54 Å². The van der Waals surface area contributed by atoms with Gasteiger partial charge < -0.3 is 10.1 Å². The van der Waals surface area contributed by atoms with Gasteiger partial charge in [-0.3, -0.25) is 0 Å². The zero-order valence-electron chi connectivity index (χ0n) is 10.6. The third-order valence-corrected chi connectivity index (χ3v) is 3.21. The normalized spacial score (nSPS) is 10.5. The van der Waals surface area contributed by atoms with Crippen molar-refractivity contribution in [1.82, 2.24) is 5.32 Å². The summed E-state index contributed by atoms with van der Waals surface area (Å²) < 4.78 is 20.3. The van der Waals surface area contributed by atoms with Gasteiger partial charge in [-0.05, 0) is 65.0 Å². The summed E-state index contributed by atoms with van der Waals surface area (Å²) in [5.74, 6) is 0.956. The standard InChI is InChI=1S/C15H15FINO/c1-2-18-10-11-6-12(16)8-15(7-11)19-14-5-3-4-13(17)9-14/h3-9,18H,2,10H2,1H3. The summed E-state index contributed by atoms with van der Waals surface area (Å²) in [6.07, 6.45) is 0. The lowest BCUT2D eigenvalue weighted by atomic mass is 10.2. The van der Waals surface area contributed by atoms with E-state index in [9.17, 15) is 4.39 Å². The summed E-state index contributed by atoms with van der Waals surface area (Å²) in [6.45, 7) is 3.50. The molecular formula is C15H15FINO. The van der Waals surface area contributed by atoms with E-state index >= 15 is 0 Å². The molecule has 0 saturated carbocycles. The number of nitrogens with one attached hydrogen (secondary N) is 1. The van der Waals surface area contributed by atoms with Gasteiger partial charge >= 0.3 is 0 Å². The molecular weight excluding hydrogens is 356 g/mol. The van der Waals surface area contributed by atoms with Crippen molar-refractivity contribution >= 4 is 22.6 Å². The van der Waals surface area contributed by atoms with E-state index in [1.807, 2.05) is 37.3 Å². The minimum atomic E-state index is -0.281. The molecule has 4 heteroatoms. The fourth-order valence-corrected chi connectivity index (χ4v) is 2.23. The molecule has 0 aromatic heterocycles. The van der Waals surface area contributed by atoms with Crippen molar-refractivity contribution in [1.29, 1.82) is 0 Å². The second-order valence-electron chi connectivity index (χ2n) is 4.13. The Kier molecular flexibility index (Phi) is 5.15. The molecule has 0 aliphatic carbocycles. The van der Waals surface area contributed by atoms with E-state index in [0.29, 0.717) is 18.0 Å². The fourth-order valence-electron chi connectivity index (χ4n) is 1.72. The number of rotatable bonds is 5. The molecule has 0 aliphatic heterocycles. The van der Waals surface area contributed by atoms with Crippen LogP contribution in [0.15, 0.2) is 42.5 Å². The molecule has 0 fully saturated rings. The van der Waals surface area contributed by atoms with E-state index in [2.05, 4.69) is 27.9 Å². The van der Waals surface area contributed by atoms with Crippen LogP contribution < -0.4 is 10.1 Å². The Bertz CT molecular complexity index is 560. The minimum absolute atomic E-state index is 0.281. The molecule has 0 unspecified atom stereocenters. The van der Waals surface area contributed by atoms with E-state index in [1.165, 1.54) is 12.1 Å². The smallest absolute Gasteiger partial charge is 0.130 e. The molecule has 0 aliphatic rings. The van der Waals surface area contributed by atoms with Crippen LogP contribution in [0.1, 0.15) is 12.5 Å². The van der Waals surface area contributed by atoms with Gasteiger partial charge in [-0.15, -0.1) is 0 Å². The quantitative estimate of drug-likeness (QED) is 0.790. The van der Waals surface area contributed by atoms with Crippen LogP contribution in [0.2, 0.25) is 0 Å². The molecule has 1 N–H and O–H groups in total. The van der Waals surface area contributed by atoms with Crippen LogP contribution >= 0.6 is 22.6 Å².